The second kappa shape index (κ2) is 12.4. The summed E-state index contributed by atoms with van der Waals surface area (Å²) >= 11 is 0. The van der Waals surface area contributed by atoms with Gasteiger partial charge < -0.3 is 14.0 Å². The van der Waals surface area contributed by atoms with Crippen LogP contribution in [0.15, 0.2) is 174 Å². The van der Waals surface area contributed by atoms with Crippen LogP contribution in [0.2, 0.25) is 0 Å². The molecule has 0 aliphatic rings. The van der Waals surface area contributed by atoms with Crippen LogP contribution >= 0.6 is 0 Å². The lowest BCUT2D eigenvalue weighted by atomic mass is 9.91. The number of benzene rings is 6. The third kappa shape index (κ3) is 4.85. The molecular formula is C48H32N4O2. The summed E-state index contributed by atoms with van der Waals surface area (Å²) in [6, 6.07) is 48.9. The molecule has 0 radical (unpaired) electrons. The molecule has 0 spiro atoms. The first-order chi connectivity index (χ1) is 26.6. The van der Waals surface area contributed by atoms with Gasteiger partial charge in [0.05, 0.1) is 27.6 Å². The third-order valence-corrected chi connectivity index (χ3v) is 10.3. The number of nitrogens with zero attached hydrogens (tertiary/aromatic N) is 3. The van der Waals surface area contributed by atoms with Gasteiger partial charge in [0.15, 0.2) is 5.82 Å². The molecule has 6 nitrogen and oxygen atoms in total. The SMILES string of the molecule is C=C/C=C(/c1cccc2oc3ccccc3c12)c1c(C)[nH]c(=O)c2c3ccccc3n(-c3ccc4nc(-c5ccccc5)nc(-c5ccccc5)c4c3)c12. The van der Waals surface area contributed by atoms with Gasteiger partial charge in [-0.2, -0.15) is 0 Å². The maximum Gasteiger partial charge on any atom is 0.258 e. The van der Waals surface area contributed by atoms with E-state index in [0.717, 1.165) is 94.2 Å². The number of fused-ring (bicyclic) bond motifs is 7. The zero-order valence-electron chi connectivity index (χ0n) is 29.4. The van der Waals surface area contributed by atoms with Crippen molar-refractivity contribution >= 4 is 60.2 Å². The molecule has 0 amide bonds. The van der Waals surface area contributed by atoms with Crippen molar-refractivity contribution < 1.29 is 4.42 Å². The van der Waals surface area contributed by atoms with E-state index >= 15 is 0 Å². The molecule has 10 aromatic rings. The molecule has 0 saturated heterocycles. The average molecular weight is 697 g/mol. The molecule has 10 rings (SSSR count). The molecule has 6 aromatic carbocycles. The quantitative estimate of drug-likeness (QED) is 0.176. The Labute approximate surface area is 310 Å². The minimum absolute atomic E-state index is 0.146. The molecule has 0 saturated carbocycles. The Kier molecular flexibility index (Phi) is 7.23. The minimum atomic E-state index is -0.146. The monoisotopic (exact) mass is 696 g/mol. The van der Waals surface area contributed by atoms with Gasteiger partial charge in [0.2, 0.25) is 0 Å². The molecule has 256 valence electrons. The number of allylic oxidation sites excluding steroid dienone is 2. The molecule has 54 heavy (non-hydrogen) atoms. The first kappa shape index (κ1) is 31.4. The lowest BCUT2D eigenvalue weighted by Crippen LogP contribution is -2.12. The molecule has 0 fully saturated rings. The van der Waals surface area contributed by atoms with Gasteiger partial charge in [-0.1, -0.05) is 128 Å². The van der Waals surface area contributed by atoms with E-state index in [1.54, 1.807) is 0 Å². The van der Waals surface area contributed by atoms with E-state index in [2.05, 4.69) is 64.7 Å². The van der Waals surface area contributed by atoms with Crippen molar-refractivity contribution in [1.29, 1.82) is 0 Å². The van der Waals surface area contributed by atoms with Crippen LogP contribution in [0, 0.1) is 6.92 Å². The summed E-state index contributed by atoms with van der Waals surface area (Å²) in [6.45, 7) is 6.11. The standard InChI is InChI=1S/C48H32N4O2/c1-3-15-33(34-22-14-25-41-43(34)36-21-11-13-24-40(36)54-41)42-29(2)49-48(53)44-35-20-10-12-23-39(35)52(46(42)44)32-26-27-38-37(28-32)45(30-16-6-4-7-17-30)51-47(50-38)31-18-8-5-9-19-31/h3-28H,1H2,2H3,(H,49,53)/b33-15-. The predicted molar refractivity (Wildman–Crippen MR) is 221 cm³/mol. The van der Waals surface area contributed by atoms with Crippen molar-refractivity contribution in [3.8, 4) is 28.3 Å². The van der Waals surface area contributed by atoms with Crippen molar-refractivity contribution in [1.82, 2.24) is 19.5 Å². The smallest absolute Gasteiger partial charge is 0.258 e. The summed E-state index contributed by atoms with van der Waals surface area (Å²) in [5.41, 5.74) is 11.2. The topological polar surface area (TPSA) is 76.7 Å². The second-order valence-corrected chi connectivity index (χ2v) is 13.5. The van der Waals surface area contributed by atoms with Crippen LogP contribution in [0.25, 0.3) is 88.6 Å². The zero-order valence-corrected chi connectivity index (χ0v) is 29.4. The van der Waals surface area contributed by atoms with Gasteiger partial charge in [-0.25, -0.2) is 9.97 Å². The lowest BCUT2D eigenvalue weighted by molar-refractivity contribution is 0.669. The largest absolute Gasteiger partial charge is 0.456 e. The van der Waals surface area contributed by atoms with Gasteiger partial charge >= 0.3 is 0 Å². The van der Waals surface area contributed by atoms with E-state index in [-0.39, 0.29) is 5.56 Å². The summed E-state index contributed by atoms with van der Waals surface area (Å²) in [6.07, 6.45) is 3.84. The molecule has 4 heterocycles. The highest BCUT2D eigenvalue weighted by atomic mass is 16.3. The normalized spacial score (nSPS) is 12.1. The molecule has 0 unspecified atom stereocenters. The van der Waals surface area contributed by atoms with E-state index in [1.807, 2.05) is 116 Å². The van der Waals surface area contributed by atoms with Gasteiger partial charge in [-0.15, -0.1) is 0 Å². The van der Waals surface area contributed by atoms with Crippen LogP contribution in [0.3, 0.4) is 0 Å². The molecule has 0 bridgehead atoms. The number of aryl methyl sites for hydroxylation is 1. The van der Waals surface area contributed by atoms with Crippen LogP contribution in [0.1, 0.15) is 16.8 Å². The molecule has 0 aliphatic heterocycles. The predicted octanol–water partition coefficient (Wildman–Crippen LogP) is 11.6. The van der Waals surface area contributed by atoms with Crippen LogP contribution in [0.4, 0.5) is 0 Å². The Morgan fingerprint density at radius 1 is 0.704 bits per heavy atom. The molecule has 0 aliphatic carbocycles. The maximum atomic E-state index is 14.2. The molecular weight excluding hydrogens is 665 g/mol. The number of hydrogen-bond acceptors (Lipinski definition) is 4. The Morgan fingerprint density at radius 2 is 1.41 bits per heavy atom. The number of hydrogen-bond donors (Lipinski definition) is 1. The fourth-order valence-electron chi connectivity index (χ4n) is 7.99. The highest BCUT2D eigenvalue weighted by molar-refractivity contribution is 6.17. The minimum Gasteiger partial charge on any atom is -0.456 e. The maximum absolute atomic E-state index is 14.2. The molecule has 0 atom stereocenters. The number of para-hydroxylation sites is 2. The van der Waals surface area contributed by atoms with E-state index in [9.17, 15) is 4.79 Å². The Balaban J connectivity index is 1.31. The number of rotatable bonds is 6. The van der Waals surface area contributed by atoms with Crippen molar-refractivity contribution in [2.45, 2.75) is 6.92 Å². The van der Waals surface area contributed by atoms with Crippen LogP contribution < -0.4 is 5.56 Å². The number of nitrogens with one attached hydrogen (secondary N) is 1. The van der Waals surface area contributed by atoms with E-state index < -0.39 is 0 Å². The number of pyridine rings is 1. The Hall–Kier alpha value is -7.31. The first-order valence-corrected chi connectivity index (χ1v) is 17.9. The molecule has 6 heteroatoms. The molecule has 1 N–H and O–H groups in total. The summed E-state index contributed by atoms with van der Waals surface area (Å²) in [5, 5.41) is 4.41. The molecule has 4 aromatic heterocycles. The Morgan fingerprint density at radius 3 is 2.20 bits per heavy atom. The van der Waals surface area contributed by atoms with Crippen molar-refractivity contribution in [2.24, 2.45) is 0 Å². The highest BCUT2D eigenvalue weighted by Gasteiger charge is 2.25. The van der Waals surface area contributed by atoms with Crippen LogP contribution in [0.5, 0.6) is 0 Å². The van der Waals surface area contributed by atoms with Gasteiger partial charge in [0.25, 0.3) is 5.56 Å². The Bertz CT molecular complexity index is 3200. The zero-order chi connectivity index (χ0) is 36.3. The van der Waals surface area contributed by atoms with Gasteiger partial charge in [0, 0.05) is 49.6 Å². The van der Waals surface area contributed by atoms with Crippen LogP contribution in [-0.4, -0.2) is 19.5 Å². The van der Waals surface area contributed by atoms with Crippen molar-refractivity contribution in [3.05, 3.63) is 191 Å². The number of furan rings is 1. The summed E-state index contributed by atoms with van der Waals surface area (Å²) in [5.74, 6) is 0.663. The van der Waals surface area contributed by atoms with Gasteiger partial charge in [0.1, 0.15) is 11.2 Å². The number of H-pyrrole nitrogens is 1. The lowest BCUT2D eigenvalue weighted by Gasteiger charge is -2.18. The summed E-state index contributed by atoms with van der Waals surface area (Å²) in [4.78, 5) is 27.6. The fraction of sp³-hybridized carbons (Fsp3) is 0.0208. The highest BCUT2D eigenvalue weighted by Crippen LogP contribution is 2.42. The number of aromatic nitrogens is 4. The fourth-order valence-corrected chi connectivity index (χ4v) is 7.99. The number of aromatic amines is 1. The summed E-state index contributed by atoms with van der Waals surface area (Å²) < 4.78 is 8.55. The third-order valence-electron chi connectivity index (χ3n) is 10.3. The van der Waals surface area contributed by atoms with Gasteiger partial charge in [-0.3, -0.25) is 4.79 Å². The average Bonchev–Trinajstić information content (AvgIpc) is 3.77. The summed E-state index contributed by atoms with van der Waals surface area (Å²) in [7, 11) is 0. The van der Waals surface area contributed by atoms with Crippen molar-refractivity contribution in [3.63, 3.8) is 0 Å². The van der Waals surface area contributed by atoms with E-state index in [0.29, 0.717) is 11.2 Å². The van der Waals surface area contributed by atoms with Crippen LogP contribution in [-0.2, 0) is 0 Å². The van der Waals surface area contributed by atoms with Crippen molar-refractivity contribution in [2.75, 3.05) is 0 Å². The first-order valence-electron chi connectivity index (χ1n) is 17.9. The van der Waals surface area contributed by atoms with E-state index in [1.165, 1.54) is 0 Å². The second-order valence-electron chi connectivity index (χ2n) is 13.5. The van der Waals surface area contributed by atoms with E-state index in [4.69, 9.17) is 14.4 Å². The van der Waals surface area contributed by atoms with Gasteiger partial charge in [-0.05, 0) is 54.5 Å².